The van der Waals surface area contributed by atoms with Gasteiger partial charge in [-0.25, -0.2) is 0 Å². The van der Waals surface area contributed by atoms with E-state index in [1.807, 2.05) is 35.2 Å². The van der Waals surface area contributed by atoms with Gasteiger partial charge in [0.15, 0.2) is 0 Å². The van der Waals surface area contributed by atoms with Crippen LogP contribution in [0.3, 0.4) is 0 Å². The third-order valence-electron chi connectivity index (χ3n) is 3.36. The zero-order valence-corrected chi connectivity index (χ0v) is 14.3. The van der Waals surface area contributed by atoms with Crippen molar-refractivity contribution in [2.45, 2.75) is 38.1 Å². The van der Waals surface area contributed by atoms with Gasteiger partial charge in [0, 0.05) is 24.4 Å². The summed E-state index contributed by atoms with van der Waals surface area (Å²) in [6.07, 6.45) is 0.415. The van der Waals surface area contributed by atoms with E-state index in [-0.39, 0.29) is 23.3 Å². The fourth-order valence-electron chi connectivity index (χ4n) is 2.53. The van der Waals surface area contributed by atoms with Crippen LogP contribution in [0.25, 0.3) is 0 Å². The Morgan fingerprint density at radius 2 is 2.00 bits per heavy atom. The molecule has 1 heterocycles. The van der Waals surface area contributed by atoms with E-state index in [1.54, 1.807) is 0 Å². The van der Waals surface area contributed by atoms with Gasteiger partial charge in [-0.3, -0.25) is 9.59 Å². The number of nitrogens with zero attached hydrogens (tertiary/aromatic N) is 1. The third kappa shape index (κ3) is 5.37. The maximum Gasteiger partial charge on any atom is 0.230 e. The standard InChI is InChI=1S/C17H24N2O2S/c1-17(2,3)12-19-10-13(9-16(19)21)18-15(20)11-22-14-7-5-4-6-8-14/h4-8,13H,9-12H2,1-3H3,(H,18,20). The van der Waals surface area contributed by atoms with Crippen molar-refractivity contribution in [3.8, 4) is 0 Å². The molecule has 1 N–H and O–H groups in total. The maximum absolute atomic E-state index is 12.0. The lowest BCUT2D eigenvalue weighted by Gasteiger charge is -2.26. The highest BCUT2D eigenvalue weighted by Gasteiger charge is 2.32. The van der Waals surface area contributed by atoms with Gasteiger partial charge in [0.2, 0.25) is 11.8 Å². The van der Waals surface area contributed by atoms with Crippen LogP contribution in [0.5, 0.6) is 0 Å². The number of amides is 2. The first-order valence-electron chi connectivity index (χ1n) is 7.58. The van der Waals surface area contributed by atoms with E-state index in [2.05, 4.69) is 26.1 Å². The Bertz CT molecular complexity index is 525. The molecule has 0 spiro atoms. The predicted octanol–water partition coefficient (Wildman–Crippen LogP) is 2.54. The zero-order chi connectivity index (χ0) is 16.2. The van der Waals surface area contributed by atoms with Crippen molar-refractivity contribution in [1.29, 1.82) is 0 Å². The first kappa shape index (κ1) is 16.9. The van der Waals surface area contributed by atoms with E-state index in [0.717, 1.165) is 11.4 Å². The topological polar surface area (TPSA) is 49.4 Å². The number of likely N-dealkylation sites (tertiary alicyclic amines) is 1. The number of benzene rings is 1. The molecule has 120 valence electrons. The van der Waals surface area contributed by atoms with Crippen molar-refractivity contribution >= 4 is 23.6 Å². The van der Waals surface area contributed by atoms with Crippen LogP contribution >= 0.6 is 11.8 Å². The average Bonchev–Trinajstić information content (AvgIpc) is 2.75. The zero-order valence-electron chi connectivity index (χ0n) is 13.5. The number of rotatable bonds is 5. The lowest BCUT2D eigenvalue weighted by molar-refractivity contribution is -0.128. The van der Waals surface area contributed by atoms with Crippen LogP contribution in [-0.4, -0.2) is 41.6 Å². The Hall–Kier alpha value is -1.49. The predicted molar refractivity (Wildman–Crippen MR) is 89.7 cm³/mol. The van der Waals surface area contributed by atoms with E-state index in [1.165, 1.54) is 11.8 Å². The molecule has 0 saturated carbocycles. The van der Waals surface area contributed by atoms with Crippen LogP contribution in [0.2, 0.25) is 0 Å². The first-order valence-corrected chi connectivity index (χ1v) is 8.57. The van der Waals surface area contributed by atoms with E-state index < -0.39 is 0 Å². The van der Waals surface area contributed by atoms with Gasteiger partial charge in [0.05, 0.1) is 11.8 Å². The minimum Gasteiger partial charge on any atom is -0.350 e. The summed E-state index contributed by atoms with van der Waals surface area (Å²) in [6.45, 7) is 7.70. The molecule has 2 amide bonds. The number of nitrogens with one attached hydrogen (secondary N) is 1. The Labute approximate surface area is 136 Å². The van der Waals surface area contributed by atoms with Crippen LogP contribution in [0.1, 0.15) is 27.2 Å². The SMILES string of the molecule is CC(C)(C)CN1CC(NC(=O)CSc2ccccc2)CC1=O. The second-order valence-corrected chi connectivity index (χ2v) is 7.95. The highest BCUT2D eigenvalue weighted by molar-refractivity contribution is 8.00. The maximum atomic E-state index is 12.0. The number of carbonyl (C=O) groups excluding carboxylic acids is 2. The first-order chi connectivity index (χ1) is 10.3. The summed E-state index contributed by atoms with van der Waals surface area (Å²) in [4.78, 5) is 26.9. The Balaban J connectivity index is 1.77. The minimum absolute atomic E-state index is 0.00994. The molecule has 0 aromatic heterocycles. The molecular weight excluding hydrogens is 296 g/mol. The smallest absolute Gasteiger partial charge is 0.230 e. The number of thioether (sulfide) groups is 1. The highest BCUT2D eigenvalue weighted by atomic mass is 32.2. The van der Waals surface area contributed by atoms with Crippen LogP contribution in [0, 0.1) is 5.41 Å². The van der Waals surface area contributed by atoms with Crippen molar-refractivity contribution in [3.05, 3.63) is 30.3 Å². The quantitative estimate of drug-likeness (QED) is 0.848. The fraction of sp³-hybridized carbons (Fsp3) is 0.529. The molecule has 22 heavy (non-hydrogen) atoms. The minimum atomic E-state index is -0.0567. The molecule has 1 unspecified atom stereocenters. The molecule has 0 bridgehead atoms. The molecule has 0 radical (unpaired) electrons. The molecular formula is C17H24N2O2S. The fourth-order valence-corrected chi connectivity index (χ4v) is 3.26. The van der Waals surface area contributed by atoms with Gasteiger partial charge in [0.25, 0.3) is 0 Å². The van der Waals surface area contributed by atoms with Gasteiger partial charge >= 0.3 is 0 Å². The average molecular weight is 320 g/mol. The summed E-state index contributed by atoms with van der Waals surface area (Å²) in [5.41, 5.74) is 0.0811. The molecule has 2 rings (SSSR count). The van der Waals surface area contributed by atoms with Gasteiger partial charge in [-0.2, -0.15) is 0 Å². The largest absolute Gasteiger partial charge is 0.350 e. The number of hydrogen-bond donors (Lipinski definition) is 1. The number of carbonyl (C=O) groups is 2. The van der Waals surface area contributed by atoms with Gasteiger partial charge in [-0.05, 0) is 17.5 Å². The molecule has 5 heteroatoms. The van der Waals surface area contributed by atoms with Gasteiger partial charge in [0.1, 0.15) is 0 Å². The van der Waals surface area contributed by atoms with Crippen LogP contribution in [0.15, 0.2) is 35.2 Å². The summed E-state index contributed by atoms with van der Waals surface area (Å²) in [6, 6.07) is 9.79. The van der Waals surface area contributed by atoms with Crippen molar-refractivity contribution < 1.29 is 9.59 Å². The highest BCUT2D eigenvalue weighted by Crippen LogP contribution is 2.21. The Kier molecular flexibility index (Phi) is 5.51. The van der Waals surface area contributed by atoms with Gasteiger partial charge in [-0.1, -0.05) is 39.0 Å². The molecule has 4 nitrogen and oxygen atoms in total. The van der Waals surface area contributed by atoms with Crippen molar-refractivity contribution in [2.24, 2.45) is 5.41 Å². The van der Waals surface area contributed by atoms with Crippen molar-refractivity contribution in [1.82, 2.24) is 10.2 Å². The van der Waals surface area contributed by atoms with Crippen molar-refractivity contribution in [2.75, 3.05) is 18.8 Å². The van der Waals surface area contributed by atoms with E-state index in [0.29, 0.717) is 18.7 Å². The Morgan fingerprint density at radius 1 is 1.32 bits per heavy atom. The molecule has 1 fully saturated rings. The summed E-state index contributed by atoms with van der Waals surface area (Å²) in [5.74, 6) is 0.508. The molecule has 1 aliphatic rings. The summed E-state index contributed by atoms with van der Waals surface area (Å²) in [5, 5.41) is 2.97. The molecule has 0 aliphatic carbocycles. The normalized spacial score (nSPS) is 18.6. The second kappa shape index (κ2) is 7.18. The molecule has 1 aromatic rings. The van der Waals surface area contributed by atoms with Crippen LogP contribution < -0.4 is 5.32 Å². The summed E-state index contributed by atoms with van der Waals surface area (Å²) < 4.78 is 0. The number of hydrogen-bond acceptors (Lipinski definition) is 3. The monoisotopic (exact) mass is 320 g/mol. The van der Waals surface area contributed by atoms with Gasteiger partial charge < -0.3 is 10.2 Å². The van der Waals surface area contributed by atoms with E-state index >= 15 is 0 Å². The van der Waals surface area contributed by atoms with Crippen LogP contribution in [-0.2, 0) is 9.59 Å². The molecule has 1 aromatic carbocycles. The molecule has 1 atom stereocenters. The third-order valence-corrected chi connectivity index (χ3v) is 4.37. The lowest BCUT2D eigenvalue weighted by Crippen LogP contribution is -2.39. The molecule has 1 saturated heterocycles. The second-order valence-electron chi connectivity index (χ2n) is 6.91. The van der Waals surface area contributed by atoms with Crippen molar-refractivity contribution in [3.63, 3.8) is 0 Å². The van der Waals surface area contributed by atoms with Gasteiger partial charge in [-0.15, -0.1) is 11.8 Å². The van der Waals surface area contributed by atoms with Crippen LogP contribution in [0.4, 0.5) is 0 Å². The molecule has 1 aliphatic heterocycles. The van der Waals surface area contributed by atoms with E-state index in [9.17, 15) is 9.59 Å². The van der Waals surface area contributed by atoms with E-state index in [4.69, 9.17) is 0 Å². The lowest BCUT2D eigenvalue weighted by atomic mass is 9.96. The summed E-state index contributed by atoms with van der Waals surface area (Å²) >= 11 is 1.51. The Morgan fingerprint density at radius 3 is 2.64 bits per heavy atom. The summed E-state index contributed by atoms with van der Waals surface area (Å²) in [7, 11) is 0.